The Morgan fingerprint density at radius 2 is 1.95 bits per heavy atom. The van der Waals surface area contributed by atoms with Crippen LogP contribution in [0.25, 0.3) is 0 Å². The van der Waals surface area contributed by atoms with Gasteiger partial charge in [-0.2, -0.15) is 5.10 Å². The van der Waals surface area contributed by atoms with E-state index in [0.29, 0.717) is 5.11 Å². The van der Waals surface area contributed by atoms with Gasteiger partial charge in [-0.3, -0.25) is 15.0 Å². The van der Waals surface area contributed by atoms with Gasteiger partial charge in [0.25, 0.3) is 0 Å². The Kier molecular flexibility index (Phi) is 9.33. The molecule has 0 aliphatic rings. The molecule has 0 radical (unpaired) electrons. The van der Waals surface area contributed by atoms with Gasteiger partial charge >= 0.3 is 11.9 Å². The summed E-state index contributed by atoms with van der Waals surface area (Å²) in [5, 5.41) is 6.73. The molecule has 19 heavy (non-hydrogen) atoms. The van der Waals surface area contributed by atoms with E-state index < -0.39 is 17.9 Å². The van der Waals surface area contributed by atoms with Crippen molar-refractivity contribution in [2.24, 2.45) is 11.0 Å². The average Bonchev–Trinajstić information content (AvgIpc) is 2.37. The highest BCUT2D eigenvalue weighted by Crippen LogP contribution is 2.05. The normalized spacial score (nSPS) is 11.7. The van der Waals surface area contributed by atoms with Crippen molar-refractivity contribution in [2.75, 3.05) is 20.3 Å². The number of hydrogen-bond donors (Lipinski definition) is 2. The van der Waals surface area contributed by atoms with Gasteiger partial charge in [0.15, 0.2) is 5.11 Å². The highest BCUT2D eigenvalue weighted by atomic mass is 32.1. The molecule has 0 saturated heterocycles. The zero-order valence-corrected chi connectivity index (χ0v) is 12.1. The molecule has 0 rings (SSSR count). The zero-order valence-electron chi connectivity index (χ0n) is 11.3. The van der Waals surface area contributed by atoms with Crippen LogP contribution < -0.4 is 10.7 Å². The summed E-state index contributed by atoms with van der Waals surface area (Å²) in [5.74, 6) is -1.81. The summed E-state index contributed by atoms with van der Waals surface area (Å²) >= 11 is 4.81. The third-order valence-corrected chi connectivity index (χ3v) is 2.22. The number of carbonyl (C=O) groups excluding carboxylic acids is 2. The maximum absolute atomic E-state index is 11.6. The lowest BCUT2D eigenvalue weighted by molar-refractivity contribution is -0.152. The number of thiocarbonyl (C=S) groups is 1. The van der Waals surface area contributed by atoms with Crippen molar-refractivity contribution in [2.45, 2.75) is 20.3 Å². The number of ether oxygens (including phenoxy) is 2. The van der Waals surface area contributed by atoms with E-state index in [4.69, 9.17) is 21.7 Å². The molecule has 108 valence electrons. The number of hydrogen-bond acceptors (Lipinski definition) is 6. The molecular formula is C11H19N3O4S. The first kappa shape index (κ1) is 17.3. The molecule has 0 heterocycles. The first-order chi connectivity index (χ1) is 9.04. The van der Waals surface area contributed by atoms with Crippen LogP contribution in [0.4, 0.5) is 0 Å². The predicted octanol–water partition coefficient (Wildman–Crippen LogP) is 0.199. The number of rotatable bonds is 7. The van der Waals surface area contributed by atoms with E-state index in [9.17, 15) is 9.59 Å². The van der Waals surface area contributed by atoms with Crippen molar-refractivity contribution in [3.8, 4) is 0 Å². The van der Waals surface area contributed by atoms with Gasteiger partial charge < -0.3 is 14.8 Å². The molecule has 7 nitrogen and oxygen atoms in total. The van der Waals surface area contributed by atoms with Crippen LogP contribution in [0.1, 0.15) is 20.3 Å². The standard InChI is InChI=1S/C11H19N3O4S/c1-4-17-9(15)6-8(10(16)18-5-2)7-13-14-11(19)12-3/h7-8H,4-6H2,1-3H3,(H2,12,14,19)/b13-7-. The minimum atomic E-state index is -0.800. The van der Waals surface area contributed by atoms with Crippen LogP contribution in [0.15, 0.2) is 5.10 Å². The van der Waals surface area contributed by atoms with E-state index in [1.807, 2.05) is 0 Å². The molecule has 0 aromatic carbocycles. The third-order valence-electron chi connectivity index (χ3n) is 1.93. The number of nitrogens with one attached hydrogen (secondary N) is 2. The topological polar surface area (TPSA) is 89.0 Å². The van der Waals surface area contributed by atoms with Crippen molar-refractivity contribution in [3.63, 3.8) is 0 Å². The molecule has 0 bridgehead atoms. The molecule has 0 amide bonds. The molecule has 0 aromatic heterocycles. The van der Waals surface area contributed by atoms with Gasteiger partial charge in [-0.15, -0.1) is 0 Å². The largest absolute Gasteiger partial charge is 0.466 e. The third kappa shape index (κ3) is 8.09. The van der Waals surface area contributed by atoms with Crippen LogP contribution in [0.5, 0.6) is 0 Å². The minimum absolute atomic E-state index is 0.121. The maximum Gasteiger partial charge on any atom is 0.315 e. The van der Waals surface area contributed by atoms with E-state index in [2.05, 4.69) is 15.8 Å². The Hall–Kier alpha value is -1.70. The second kappa shape index (κ2) is 10.2. The number of hydrazone groups is 1. The molecule has 0 aliphatic heterocycles. The van der Waals surface area contributed by atoms with Crippen LogP contribution in [-0.4, -0.2) is 43.5 Å². The summed E-state index contributed by atoms with van der Waals surface area (Å²) in [6.45, 7) is 3.87. The number of nitrogens with zero attached hydrogens (tertiary/aromatic N) is 1. The van der Waals surface area contributed by atoms with Gasteiger partial charge in [0.05, 0.1) is 19.6 Å². The minimum Gasteiger partial charge on any atom is -0.466 e. The summed E-state index contributed by atoms with van der Waals surface area (Å²) in [4.78, 5) is 23.0. The van der Waals surface area contributed by atoms with Crippen molar-refractivity contribution < 1.29 is 19.1 Å². The quantitative estimate of drug-likeness (QED) is 0.299. The lowest BCUT2D eigenvalue weighted by atomic mass is 10.1. The Morgan fingerprint density at radius 3 is 2.47 bits per heavy atom. The molecule has 0 fully saturated rings. The highest BCUT2D eigenvalue weighted by Gasteiger charge is 2.22. The highest BCUT2D eigenvalue weighted by molar-refractivity contribution is 7.80. The fourth-order valence-corrected chi connectivity index (χ4v) is 1.14. The molecule has 0 spiro atoms. The van der Waals surface area contributed by atoms with E-state index in [0.717, 1.165) is 0 Å². The molecule has 0 aliphatic carbocycles. The first-order valence-corrected chi connectivity index (χ1v) is 6.29. The Morgan fingerprint density at radius 1 is 1.32 bits per heavy atom. The van der Waals surface area contributed by atoms with Crippen LogP contribution >= 0.6 is 12.2 Å². The van der Waals surface area contributed by atoms with Gasteiger partial charge in [-0.25, -0.2) is 0 Å². The average molecular weight is 289 g/mol. The zero-order chi connectivity index (χ0) is 14.7. The fraction of sp³-hybridized carbons (Fsp3) is 0.636. The van der Waals surface area contributed by atoms with E-state index >= 15 is 0 Å². The summed E-state index contributed by atoms with van der Waals surface area (Å²) in [5.41, 5.74) is 2.49. The Bertz CT molecular complexity index is 347. The summed E-state index contributed by atoms with van der Waals surface area (Å²) in [7, 11) is 1.63. The molecule has 1 atom stereocenters. The summed E-state index contributed by atoms with van der Waals surface area (Å²) in [6.07, 6.45) is 1.16. The van der Waals surface area contributed by atoms with Gasteiger partial charge in [0, 0.05) is 13.3 Å². The second-order valence-electron chi connectivity index (χ2n) is 3.34. The summed E-state index contributed by atoms with van der Waals surface area (Å²) in [6, 6.07) is 0. The summed E-state index contributed by atoms with van der Waals surface area (Å²) < 4.78 is 9.64. The van der Waals surface area contributed by atoms with Crippen molar-refractivity contribution >= 4 is 35.5 Å². The predicted molar refractivity (Wildman–Crippen MR) is 74.7 cm³/mol. The Labute approximate surface area is 117 Å². The maximum atomic E-state index is 11.6. The molecule has 8 heteroatoms. The molecule has 2 N–H and O–H groups in total. The van der Waals surface area contributed by atoms with E-state index in [1.54, 1.807) is 20.9 Å². The van der Waals surface area contributed by atoms with Crippen LogP contribution in [0, 0.1) is 5.92 Å². The molecule has 0 saturated carbocycles. The fourth-order valence-electron chi connectivity index (χ4n) is 1.09. The van der Waals surface area contributed by atoms with Crippen molar-refractivity contribution in [3.05, 3.63) is 0 Å². The number of carbonyl (C=O) groups is 2. The van der Waals surface area contributed by atoms with Crippen LogP contribution in [0.2, 0.25) is 0 Å². The lowest BCUT2D eigenvalue weighted by Gasteiger charge is -2.10. The lowest BCUT2D eigenvalue weighted by Crippen LogP contribution is -2.30. The Balaban J connectivity index is 4.53. The first-order valence-electron chi connectivity index (χ1n) is 5.88. The van der Waals surface area contributed by atoms with Crippen molar-refractivity contribution in [1.29, 1.82) is 0 Å². The van der Waals surface area contributed by atoms with Crippen molar-refractivity contribution in [1.82, 2.24) is 10.7 Å². The number of esters is 2. The van der Waals surface area contributed by atoms with Gasteiger partial charge in [-0.05, 0) is 26.1 Å². The molecular weight excluding hydrogens is 270 g/mol. The molecule has 0 aromatic rings. The van der Waals surface area contributed by atoms with Gasteiger partial charge in [-0.1, -0.05) is 0 Å². The van der Waals surface area contributed by atoms with Crippen LogP contribution in [-0.2, 0) is 19.1 Å². The van der Waals surface area contributed by atoms with Crippen LogP contribution in [0.3, 0.4) is 0 Å². The smallest absolute Gasteiger partial charge is 0.315 e. The van der Waals surface area contributed by atoms with E-state index in [-0.39, 0.29) is 19.6 Å². The molecule has 1 unspecified atom stereocenters. The van der Waals surface area contributed by atoms with E-state index in [1.165, 1.54) is 6.21 Å². The second-order valence-corrected chi connectivity index (χ2v) is 3.75. The van der Waals surface area contributed by atoms with Gasteiger partial charge in [0.1, 0.15) is 5.92 Å². The SMILES string of the molecule is CCOC(=O)CC(/C=N\NC(=S)NC)C(=O)OCC. The monoisotopic (exact) mass is 289 g/mol. The van der Waals surface area contributed by atoms with Gasteiger partial charge in [0.2, 0.25) is 0 Å².